The summed E-state index contributed by atoms with van der Waals surface area (Å²) in [6.07, 6.45) is 2.87. The zero-order chi connectivity index (χ0) is 32.1. The fraction of sp³-hybridized carbons (Fsp3) is 0.545. The molecule has 0 aromatic heterocycles. The molecule has 9 nitrogen and oxygen atoms in total. The molecule has 45 heavy (non-hydrogen) atoms. The Morgan fingerprint density at radius 1 is 1.16 bits per heavy atom. The number of hydrogen-bond donors (Lipinski definition) is 2. The van der Waals surface area contributed by atoms with Crippen molar-refractivity contribution >= 4 is 33.2 Å². The van der Waals surface area contributed by atoms with Gasteiger partial charge in [-0.1, -0.05) is 30.7 Å². The maximum atomic E-state index is 16.0. The van der Waals surface area contributed by atoms with Crippen LogP contribution in [-0.2, 0) is 15.4 Å². The topological polar surface area (TPSA) is 108 Å². The van der Waals surface area contributed by atoms with E-state index >= 15 is 4.39 Å². The monoisotopic (exact) mass is 661 g/mol. The van der Waals surface area contributed by atoms with E-state index in [1.165, 1.54) is 13.0 Å². The third-order valence-electron chi connectivity index (χ3n) is 10.1. The van der Waals surface area contributed by atoms with Gasteiger partial charge in [0.2, 0.25) is 10.0 Å². The summed E-state index contributed by atoms with van der Waals surface area (Å²) in [6, 6.07) is 9.66. The van der Waals surface area contributed by atoms with Crippen LogP contribution in [0.5, 0.6) is 11.5 Å². The largest absolute Gasteiger partial charge is 0.493 e. The predicted molar refractivity (Wildman–Crippen MR) is 171 cm³/mol. The summed E-state index contributed by atoms with van der Waals surface area (Å²) < 4.78 is 57.2. The van der Waals surface area contributed by atoms with E-state index in [1.54, 1.807) is 32.0 Å². The minimum absolute atomic E-state index is 0.0987. The lowest BCUT2D eigenvalue weighted by molar-refractivity contribution is 0.0610. The third kappa shape index (κ3) is 6.16. The number of fused-ring (bicyclic) bond motifs is 4. The van der Waals surface area contributed by atoms with Crippen LogP contribution in [0.2, 0.25) is 5.02 Å². The first-order valence-corrected chi connectivity index (χ1v) is 17.6. The molecule has 0 radical (unpaired) electrons. The van der Waals surface area contributed by atoms with Crippen LogP contribution >= 0.6 is 11.6 Å². The molecule has 2 aromatic carbocycles. The van der Waals surface area contributed by atoms with Crippen LogP contribution in [0.3, 0.4) is 0 Å². The Labute approximate surface area is 269 Å². The van der Waals surface area contributed by atoms with Gasteiger partial charge in [-0.2, -0.15) is 0 Å². The highest BCUT2D eigenvalue weighted by Crippen LogP contribution is 2.46. The first-order chi connectivity index (χ1) is 21.4. The average molecular weight is 662 g/mol. The molecule has 1 spiro atoms. The van der Waals surface area contributed by atoms with Crippen LogP contribution < -0.4 is 19.1 Å². The molecule has 0 saturated carbocycles. The van der Waals surface area contributed by atoms with Gasteiger partial charge in [0.25, 0.3) is 5.91 Å². The van der Waals surface area contributed by atoms with Crippen molar-refractivity contribution in [3.05, 3.63) is 64.5 Å². The Bertz CT molecular complexity index is 1600. The Morgan fingerprint density at radius 3 is 2.73 bits per heavy atom. The normalized spacial score (nSPS) is 32.2. The molecule has 4 aliphatic heterocycles. The van der Waals surface area contributed by atoms with E-state index in [4.69, 9.17) is 21.1 Å². The van der Waals surface area contributed by atoms with Gasteiger partial charge < -0.3 is 19.5 Å². The highest BCUT2D eigenvalue weighted by atomic mass is 35.5. The number of aliphatic hydroxyl groups is 1. The number of rotatable bonds is 1. The highest BCUT2D eigenvalue weighted by Gasteiger charge is 2.45. The van der Waals surface area contributed by atoms with Crippen LogP contribution in [0.25, 0.3) is 0 Å². The SMILES string of the molecule is C[C@@H]1[C@@H](C)C/C=C(\F)[C@@H]([C@@H](C)O)N2CCC[C@H]2CN2C[C@@]3(CCOc4cc(Cl)ccc43)COc3ccc(cc32)C(=O)NS1(=O)=O. The fourth-order valence-electron chi connectivity index (χ4n) is 7.30. The first kappa shape index (κ1) is 32.1. The number of benzene rings is 2. The molecule has 1 fully saturated rings. The van der Waals surface area contributed by atoms with E-state index in [-0.39, 0.29) is 18.0 Å². The molecule has 244 valence electrons. The van der Waals surface area contributed by atoms with Gasteiger partial charge >= 0.3 is 0 Å². The van der Waals surface area contributed by atoms with Crippen molar-refractivity contribution in [2.75, 3.05) is 37.7 Å². The van der Waals surface area contributed by atoms with Crippen LogP contribution in [0.4, 0.5) is 10.1 Å². The van der Waals surface area contributed by atoms with Crippen molar-refractivity contribution in [2.45, 2.75) is 75.3 Å². The molecular weight excluding hydrogens is 621 g/mol. The number of aliphatic hydroxyl groups excluding tert-OH is 1. The molecule has 4 heterocycles. The molecule has 2 aromatic rings. The highest BCUT2D eigenvalue weighted by molar-refractivity contribution is 7.90. The van der Waals surface area contributed by atoms with E-state index < -0.39 is 50.5 Å². The first-order valence-electron chi connectivity index (χ1n) is 15.7. The Balaban J connectivity index is 1.47. The number of halogens is 2. The smallest absolute Gasteiger partial charge is 0.264 e. The van der Waals surface area contributed by atoms with E-state index in [1.807, 2.05) is 23.1 Å². The number of amides is 1. The molecular formula is C33H41ClFN3O6S. The quantitative estimate of drug-likeness (QED) is 0.448. The van der Waals surface area contributed by atoms with Gasteiger partial charge in [0.15, 0.2) is 0 Å². The number of ether oxygens (including phenoxy) is 2. The maximum Gasteiger partial charge on any atom is 0.264 e. The maximum absolute atomic E-state index is 16.0. The number of carbonyl (C=O) groups excluding carboxylic acids is 1. The van der Waals surface area contributed by atoms with E-state index in [9.17, 15) is 18.3 Å². The molecule has 6 rings (SSSR count). The van der Waals surface area contributed by atoms with Crippen LogP contribution in [0.15, 0.2) is 48.3 Å². The summed E-state index contributed by atoms with van der Waals surface area (Å²) in [4.78, 5) is 17.6. The van der Waals surface area contributed by atoms with Crippen molar-refractivity contribution in [2.24, 2.45) is 5.92 Å². The van der Waals surface area contributed by atoms with Crippen molar-refractivity contribution in [1.82, 2.24) is 9.62 Å². The average Bonchev–Trinajstić information content (AvgIpc) is 3.38. The molecule has 2 N–H and O–H groups in total. The molecule has 0 aliphatic carbocycles. The Hall–Kier alpha value is -2.86. The second-order valence-corrected chi connectivity index (χ2v) is 15.5. The minimum atomic E-state index is -4.08. The van der Waals surface area contributed by atoms with Gasteiger partial charge in [-0.05, 0) is 82.3 Å². The van der Waals surface area contributed by atoms with Gasteiger partial charge in [0.05, 0.1) is 41.7 Å². The number of carbonyl (C=O) groups is 1. The zero-order valence-corrected chi connectivity index (χ0v) is 27.4. The standard InChI is InChI=1S/C33H41ClFN3O6S/c1-20-6-10-27(35)31(21(2)39)38-13-4-5-25(38)17-37-18-33(12-14-43-30-16-24(34)8-9-26(30)33)19-44-29-11-7-23(15-28(29)37)32(40)36-45(41,42)22(20)3/h7-11,15-16,20-22,25,31,39H,4-6,12-14,17-19H2,1-3H3,(H,36,40)/b27-10-/t20-,21+,22+,25-,31+,33-/m0/s1. The summed E-state index contributed by atoms with van der Waals surface area (Å²) in [7, 11) is -4.08. The number of allylic oxidation sites excluding steroid dienone is 1. The van der Waals surface area contributed by atoms with Gasteiger partial charge in [-0.3, -0.25) is 9.69 Å². The van der Waals surface area contributed by atoms with E-state index in [2.05, 4.69) is 9.62 Å². The van der Waals surface area contributed by atoms with Crippen LogP contribution in [0, 0.1) is 5.92 Å². The lowest BCUT2D eigenvalue weighted by Gasteiger charge is -2.42. The van der Waals surface area contributed by atoms with E-state index in [0.717, 1.165) is 18.4 Å². The summed E-state index contributed by atoms with van der Waals surface area (Å²) in [5.41, 5.74) is 1.35. The number of hydrogen-bond acceptors (Lipinski definition) is 8. The summed E-state index contributed by atoms with van der Waals surface area (Å²) in [6.45, 7) is 7.26. The number of nitrogens with one attached hydrogen (secondary N) is 1. The number of anilines is 1. The lowest BCUT2D eigenvalue weighted by Crippen LogP contribution is -2.52. The van der Waals surface area contributed by atoms with Crippen molar-refractivity contribution in [3.8, 4) is 11.5 Å². The Kier molecular flexibility index (Phi) is 8.84. The number of sulfonamides is 1. The molecule has 12 heteroatoms. The van der Waals surface area contributed by atoms with Crippen molar-refractivity contribution < 1.29 is 32.2 Å². The van der Waals surface area contributed by atoms with Gasteiger partial charge in [-0.25, -0.2) is 17.5 Å². The molecule has 1 saturated heterocycles. The fourth-order valence-corrected chi connectivity index (χ4v) is 8.75. The van der Waals surface area contributed by atoms with Gasteiger partial charge in [0.1, 0.15) is 17.3 Å². The predicted octanol–water partition coefficient (Wildman–Crippen LogP) is 4.81. The van der Waals surface area contributed by atoms with Crippen molar-refractivity contribution in [1.29, 1.82) is 0 Å². The van der Waals surface area contributed by atoms with Crippen LogP contribution in [-0.4, -0.2) is 80.6 Å². The third-order valence-corrected chi connectivity index (χ3v) is 12.2. The minimum Gasteiger partial charge on any atom is -0.493 e. The Morgan fingerprint density at radius 2 is 1.96 bits per heavy atom. The van der Waals surface area contributed by atoms with E-state index in [0.29, 0.717) is 61.5 Å². The summed E-state index contributed by atoms with van der Waals surface area (Å²) in [5, 5.41) is 10.5. The van der Waals surface area contributed by atoms with Gasteiger partial charge in [0, 0.05) is 35.3 Å². The molecule has 4 aliphatic rings. The summed E-state index contributed by atoms with van der Waals surface area (Å²) >= 11 is 6.32. The summed E-state index contributed by atoms with van der Waals surface area (Å²) in [5.74, 6) is -0.415. The number of nitrogens with zero attached hydrogens (tertiary/aromatic N) is 2. The van der Waals surface area contributed by atoms with Gasteiger partial charge in [-0.15, -0.1) is 0 Å². The van der Waals surface area contributed by atoms with Crippen molar-refractivity contribution in [3.63, 3.8) is 0 Å². The molecule has 6 atom stereocenters. The second-order valence-electron chi connectivity index (χ2n) is 13.1. The molecule has 1 amide bonds. The molecule has 2 bridgehead atoms. The zero-order valence-electron chi connectivity index (χ0n) is 25.8. The molecule has 0 unspecified atom stereocenters. The van der Waals surface area contributed by atoms with Crippen LogP contribution in [0.1, 0.15) is 62.4 Å². The second kappa shape index (κ2) is 12.4. The lowest BCUT2D eigenvalue weighted by atomic mass is 9.76.